The molecule has 0 amide bonds. The van der Waals surface area contributed by atoms with Crippen LogP contribution in [0.5, 0.6) is 11.5 Å². The van der Waals surface area contributed by atoms with Crippen LogP contribution in [0.4, 0.5) is 0 Å². The zero-order valence-electron chi connectivity index (χ0n) is 14.3. The van der Waals surface area contributed by atoms with E-state index in [1.54, 1.807) is 0 Å². The highest BCUT2D eigenvalue weighted by Crippen LogP contribution is 2.53. The highest BCUT2D eigenvalue weighted by atomic mass is 35.5. The van der Waals surface area contributed by atoms with E-state index in [2.05, 4.69) is 0 Å². The van der Waals surface area contributed by atoms with Gasteiger partial charge in [-0.25, -0.2) is 0 Å². The van der Waals surface area contributed by atoms with Crippen molar-refractivity contribution < 1.29 is 23.2 Å². The Morgan fingerprint density at radius 1 is 0.793 bits per heavy atom. The minimum atomic E-state index is -5.13. The van der Waals surface area contributed by atoms with Crippen molar-refractivity contribution in [2.24, 2.45) is 0 Å². The highest BCUT2D eigenvalue weighted by molar-refractivity contribution is 7.87. The molecule has 10 heteroatoms. The van der Waals surface area contributed by atoms with Crippen molar-refractivity contribution in [2.45, 2.75) is 4.75 Å². The summed E-state index contributed by atoms with van der Waals surface area (Å²) in [5, 5.41) is 19.7. The Balaban J connectivity index is 2.66. The molecule has 0 aliphatic carbocycles. The molecule has 0 saturated heterocycles. The molecule has 3 rings (SSSR count). The van der Waals surface area contributed by atoms with E-state index >= 15 is 0 Å². The Labute approximate surface area is 186 Å². The van der Waals surface area contributed by atoms with E-state index in [-0.39, 0.29) is 36.8 Å². The molecular weight excluding hydrogens is 482 g/mol. The Morgan fingerprint density at radius 3 is 2.03 bits per heavy atom. The third kappa shape index (κ3) is 3.54. The number of benzene rings is 3. The summed E-state index contributed by atoms with van der Waals surface area (Å²) < 4.78 is 34.0. The predicted octanol–water partition coefficient (Wildman–Crippen LogP) is 5.89. The van der Waals surface area contributed by atoms with Crippen LogP contribution in [0.1, 0.15) is 16.7 Å². The van der Waals surface area contributed by atoms with Gasteiger partial charge in [-0.15, -0.1) is 0 Å². The first-order chi connectivity index (χ1) is 13.5. The minimum Gasteiger partial charge on any atom is -0.508 e. The molecule has 0 aliphatic rings. The second-order valence-electron chi connectivity index (χ2n) is 6.06. The smallest absolute Gasteiger partial charge is 0.283 e. The molecule has 1 unspecified atom stereocenters. The third-order valence-corrected chi connectivity index (χ3v) is 7.26. The maximum absolute atomic E-state index is 13.0. The molecule has 0 radical (unpaired) electrons. The molecule has 0 heterocycles. The zero-order valence-corrected chi connectivity index (χ0v) is 18.1. The summed E-state index contributed by atoms with van der Waals surface area (Å²) in [7, 11) is -5.13. The molecule has 1 atom stereocenters. The quantitative estimate of drug-likeness (QED) is 0.311. The van der Waals surface area contributed by atoms with Crippen LogP contribution >= 0.6 is 46.4 Å². The molecule has 29 heavy (non-hydrogen) atoms. The maximum Gasteiger partial charge on any atom is 0.283 e. The summed E-state index contributed by atoms with van der Waals surface area (Å²) >= 11 is 24.7. The number of phenols is 2. The average molecular weight is 494 g/mol. The Kier molecular flexibility index (Phi) is 5.98. The summed E-state index contributed by atoms with van der Waals surface area (Å²) in [6.07, 6.45) is 0. The van der Waals surface area contributed by atoms with E-state index in [0.717, 1.165) is 6.07 Å². The molecular formula is C19H12Cl4O5S. The van der Waals surface area contributed by atoms with Gasteiger partial charge in [0.15, 0.2) is 4.75 Å². The largest absolute Gasteiger partial charge is 0.508 e. The number of hydrogen-bond acceptors (Lipinski definition) is 4. The van der Waals surface area contributed by atoms with E-state index in [1.807, 2.05) is 0 Å². The van der Waals surface area contributed by atoms with Gasteiger partial charge in [0.25, 0.3) is 10.1 Å². The van der Waals surface area contributed by atoms with E-state index in [9.17, 15) is 23.2 Å². The molecule has 0 saturated carbocycles. The fourth-order valence-electron chi connectivity index (χ4n) is 3.23. The lowest BCUT2D eigenvalue weighted by atomic mass is 9.83. The molecule has 0 bridgehead atoms. The van der Waals surface area contributed by atoms with Crippen molar-refractivity contribution >= 4 is 56.5 Å². The van der Waals surface area contributed by atoms with Gasteiger partial charge in [0.1, 0.15) is 16.5 Å². The first kappa shape index (κ1) is 22.0. The summed E-state index contributed by atoms with van der Waals surface area (Å²) in [6, 6.07) is 11.9. The summed E-state index contributed by atoms with van der Waals surface area (Å²) in [4.78, 5) is 0. The predicted molar refractivity (Wildman–Crippen MR) is 114 cm³/mol. The Morgan fingerprint density at radius 2 is 1.45 bits per heavy atom. The second-order valence-corrected chi connectivity index (χ2v) is 9.22. The molecule has 0 aromatic heterocycles. The minimum absolute atomic E-state index is 0.0560. The standard InChI is InChI=1S/C19H12Cl4O5S/c20-11-4-1-3-10(9-11)19(29(26,27)28,16-13(21)5-2-6-14(16)24)12-7-8-15(25)18(23)17(12)22/h1-9,24-25H,(H,26,27,28). The number of aromatic hydroxyl groups is 2. The maximum atomic E-state index is 13.0. The van der Waals surface area contributed by atoms with Crippen LogP contribution in [0, 0.1) is 0 Å². The number of halogens is 4. The first-order valence-corrected chi connectivity index (χ1v) is 10.9. The van der Waals surface area contributed by atoms with Crippen molar-refractivity contribution in [1.82, 2.24) is 0 Å². The van der Waals surface area contributed by atoms with Gasteiger partial charge >= 0.3 is 0 Å². The van der Waals surface area contributed by atoms with Crippen molar-refractivity contribution in [3.8, 4) is 11.5 Å². The van der Waals surface area contributed by atoms with Crippen molar-refractivity contribution in [3.05, 3.63) is 91.4 Å². The van der Waals surface area contributed by atoms with E-state index < -0.39 is 26.4 Å². The highest BCUT2D eigenvalue weighted by Gasteiger charge is 2.52. The van der Waals surface area contributed by atoms with Gasteiger partial charge in [0, 0.05) is 21.2 Å². The Hall–Kier alpha value is -1.67. The molecule has 5 nitrogen and oxygen atoms in total. The third-order valence-electron chi connectivity index (χ3n) is 4.40. The van der Waals surface area contributed by atoms with Crippen LogP contribution in [0.2, 0.25) is 20.1 Å². The summed E-state index contributed by atoms with van der Waals surface area (Å²) in [5.41, 5.74) is -0.648. The molecule has 152 valence electrons. The van der Waals surface area contributed by atoms with Gasteiger partial charge in [-0.1, -0.05) is 70.7 Å². The average Bonchev–Trinajstić information content (AvgIpc) is 2.63. The van der Waals surface area contributed by atoms with Gasteiger partial charge < -0.3 is 10.2 Å². The fourth-order valence-corrected chi connectivity index (χ4v) is 5.66. The van der Waals surface area contributed by atoms with Gasteiger partial charge in [-0.3, -0.25) is 4.55 Å². The molecule has 3 N–H and O–H groups in total. The molecule has 3 aromatic rings. The van der Waals surface area contributed by atoms with E-state index in [1.165, 1.54) is 48.5 Å². The number of hydrogen-bond donors (Lipinski definition) is 3. The lowest BCUT2D eigenvalue weighted by Crippen LogP contribution is -2.39. The van der Waals surface area contributed by atoms with Gasteiger partial charge in [0.2, 0.25) is 0 Å². The van der Waals surface area contributed by atoms with Crippen LogP contribution in [0.3, 0.4) is 0 Å². The van der Waals surface area contributed by atoms with Gasteiger partial charge in [-0.2, -0.15) is 8.42 Å². The van der Waals surface area contributed by atoms with Crippen LogP contribution in [-0.4, -0.2) is 23.2 Å². The van der Waals surface area contributed by atoms with E-state index in [4.69, 9.17) is 46.4 Å². The Bertz CT molecular complexity index is 1190. The monoisotopic (exact) mass is 492 g/mol. The lowest BCUT2D eigenvalue weighted by Gasteiger charge is -2.34. The SMILES string of the molecule is O=S(=O)(O)C(c1cccc(Cl)c1)(c1ccc(O)c(Cl)c1Cl)c1c(O)cccc1Cl. The normalized spacial score (nSPS) is 13.8. The fraction of sp³-hybridized carbons (Fsp3) is 0.0526. The lowest BCUT2D eigenvalue weighted by molar-refractivity contribution is 0.440. The topological polar surface area (TPSA) is 94.8 Å². The summed E-state index contributed by atoms with van der Waals surface area (Å²) in [6.45, 7) is 0. The number of phenolic OH excluding ortho intramolecular Hbond substituents is 2. The number of rotatable bonds is 4. The second kappa shape index (κ2) is 7.87. The van der Waals surface area contributed by atoms with Crippen molar-refractivity contribution in [2.75, 3.05) is 0 Å². The van der Waals surface area contributed by atoms with Gasteiger partial charge in [-0.05, 0) is 35.9 Å². The summed E-state index contributed by atoms with van der Waals surface area (Å²) in [5.74, 6) is -0.922. The molecule has 0 spiro atoms. The molecule has 0 aliphatic heterocycles. The molecule has 0 fully saturated rings. The zero-order chi connectivity index (χ0) is 21.6. The van der Waals surface area contributed by atoms with Crippen molar-refractivity contribution in [1.29, 1.82) is 0 Å². The van der Waals surface area contributed by atoms with E-state index in [0.29, 0.717) is 0 Å². The van der Waals surface area contributed by atoms with Crippen LogP contribution in [-0.2, 0) is 14.9 Å². The van der Waals surface area contributed by atoms with Gasteiger partial charge in [0.05, 0.1) is 5.02 Å². The van der Waals surface area contributed by atoms with Crippen LogP contribution < -0.4 is 0 Å². The first-order valence-electron chi connectivity index (χ1n) is 7.90. The van der Waals surface area contributed by atoms with Crippen molar-refractivity contribution in [3.63, 3.8) is 0 Å². The molecule has 3 aromatic carbocycles. The van der Waals surface area contributed by atoms with Crippen LogP contribution in [0.15, 0.2) is 54.6 Å². The van der Waals surface area contributed by atoms with Crippen LogP contribution in [0.25, 0.3) is 0 Å².